The number of ether oxygens (including phenoxy) is 1. The van der Waals surface area contributed by atoms with Gasteiger partial charge in [0.1, 0.15) is 5.75 Å². The van der Waals surface area contributed by atoms with Crippen LogP contribution in [0.4, 0.5) is 0 Å². The SMILES string of the molecule is COC(=O)c1ccc(/C=C/c2cc[n+](O)cc2)c(O)c1Cl. The van der Waals surface area contributed by atoms with Crippen LogP contribution in [-0.4, -0.2) is 23.4 Å². The lowest BCUT2D eigenvalue weighted by atomic mass is 10.1. The smallest absolute Gasteiger partial charge is 0.339 e. The second-order valence-corrected chi connectivity index (χ2v) is 4.58. The van der Waals surface area contributed by atoms with Gasteiger partial charge in [-0.05, 0) is 11.6 Å². The Labute approximate surface area is 126 Å². The van der Waals surface area contributed by atoms with E-state index in [1.807, 2.05) is 0 Å². The third-order valence-electron chi connectivity index (χ3n) is 2.85. The molecule has 0 saturated carbocycles. The average Bonchev–Trinajstić information content (AvgIpc) is 2.49. The second kappa shape index (κ2) is 6.28. The Balaban J connectivity index is 2.31. The van der Waals surface area contributed by atoms with Gasteiger partial charge in [0.2, 0.25) is 12.4 Å². The molecular weight excluding hydrogens is 294 g/mol. The van der Waals surface area contributed by atoms with Crippen molar-refractivity contribution in [2.45, 2.75) is 0 Å². The molecule has 6 heteroatoms. The van der Waals surface area contributed by atoms with Crippen molar-refractivity contribution >= 4 is 29.7 Å². The number of aromatic nitrogens is 1. The van der Waals surface area contributed by atoms with Crippen molar-refractivity contribution in [1.82, 2.24) is 0 Å². The van der Waals surface area contributed by atoms with E-state index < -0.39 is 5.97 Å². The number of esters is 1. The molecule has 0 saturated heterocycles. The minimum absolute atomic E-state index is 0.0507. The van der Waals surface area contributed by atoms with E-state index in [-0.39, 0.29) is 16.3 Å². The van der Waals surface area contributed by atoms with Gasteiger partial charge >= 0.3 is 5.97 Å². The lowest BCUT2D eigenvalue weighted by molar-refractivity contribution is -0.904. The van der Waals surface area contributed by atoms with Crippen LogP contribution in [0.2, 0.25) is 5.02 Å². The van der Waals surface area contributed by atoms with E-state index in [0.29, 0.717) is 5.56 Å². The first-order valence-electron chi connectivity index (χ1n) is 6.01. The van der Waals surface area contributed by atoms with Crippen molar-refractivity contribution < 1.29 is 24.6 Å². The van der Waals surface area contributed by atoms with Crippen LogP contribution in [0.5, 0.6) is 5.75 Å². The van der Waals surface area contributed by atoms with Crippen LogP contribution in [0.25, 0.3) is 12.2 Å². The fraction of sp³-hybridized carbons (Fsp3) is 0.0667. The maximum absolute atomic E-state index is 11.4. The van der Waals surface area contributed by atoms with Crippen molar-refractivity contribution in [1.29, 1.82) is 0 Å². The molecule has 0 radical (unpaired) electrons. The van der Waals surface area contributed by atoms with Crippen LogP contribution >= 0.6 is 11.6 Å². The first-order valence-corrected chi connectivity index (χ1v) is 6.39. The van der Waals surface area contributed by atoms with Gasteiger partial charge in [0.25, 0.3) is 0 Å². The summed E-state index contributed by atoms with van der Waals surface area (Å²) >= 11 is 5.95. The van der Waals surface area contributed by atoms with E-state index in [1.165, 1.54) is 25.6 Å². The summed E-state index contributed by atoms with van der Waals surface area (Å²) in [5.74, 6) is -0.801. The molecule has 5 nitrogen and oxygen atoms in total. The maximum Gasteiger partial charge on any atom is 0.339 e. The van der Waals surface area contributed by atoms with Crippen molar-refractivity contribution in [2.75, 3.05) is 7.11 Å². The fourth-order valence-corrected chi connectivity index (χ4v) is 1.96. The number of halogens is 1. The molecular formula is C15H13ClNO4+. The molecule has 2 N–H and O–H groups in total. The number of hydrogen-bond acceptors (Lipinski definition) is 4. The number of phenols is 1. The van der Waals surface area contributed by atoms with Crippen molar-refractivity contribution in [2.24, 2.45) is 0 Å². The van der Waals surface area contributed by atoms with Crippen LogP contribution in [-0.2, 0) is 4.74 Å². The molecule has 0 amide bonds. The Morgan fingerprint density at radius 1 is 1.24 bits per heavy atom. The molecule has 1 aromatic heterocycles. The Morgan fingerprint density at radius 2 is 1.90 bits per heavy atom. The number of rotatable bonds is 3. The Hall–Kier alpha value is -2.53. The number of carbonyl (C=O) groups excluding carboxylic acids is 1. The number of phenolic OH excluding ortho intramolecular Hbond substituents is 1. The number of carbonyl (C=O) groups is 1. The van der Waals surface area contributed by atoms with Crippen LogP contribution in [0, 0.1) is 0 Å². The van der Waals surface area contributed by atoms with Gasteiger partial charge < -0.3 is 9.84 Å². The molecule has 0 atom stereocenters. The molecule has 21 heavy (non-hydrogen) atoms. The van der Waals surface area contributed by atoms with Crippen LogP contribution < -0.4 is 4.73 Å². The van der Waals surface area contributed by atoms with Crippen LogP contribution in [0.3, 0.4) is 0 Å². The normalized spacial score (nSPS) is 10.8. The van der Waals surface area contributed by atoms with Crippen LogP contribution in [0.1, 0.15) is 21.5 Å². The van der Waals surface area contributed by atoms with Gasteiger partial charge in [-0.15, -0.1) is 0 Å². The van der Waals surface area contributed by atoms with E-state index in [9.17, 15) is 9.90 Å². The number of hydrogen-bond donors (Lipinski definition) is 2. The van der Waals surface area contributed by atoms with Gasteiger partial charge in [0, 0.05) is 22.4 Å². The van der Waals surface area contributed by atoms with E-state index in [4.69, 9.17) is 16.8 Å². The average molecular weight is 307 g/mol. The first kappa shape index (κ1) is 14.9. The largest absolute Gasteiger partial charge is 0.506 e. The van der Waals surface area contributed by atoms with Gasteiger partial charge in [0.15, 0.2) is 0 Å². The summed E-state index contributed by atoms with van der Waals surface area (Å²) in [4.78, 5) is 11.4. The highest BCUT2D eigenvalue weighted by Gasteiger charge is 2.15. The number of methoxy groups -OCH3 is 1. The third-order valence-corrected chi connectivity index (χ3v) is 3.23. The number of pyridine rings is 1. The van der Waals surface area contributed by atoms with E-state index in [2.05, 4.69) is 4.74 Å². The Kier molecular flexibility index (Phi) is 4.45. The molecule has 0 unspecified atom stereocenters. The van der Waals surface area contributed by atoms with Crippen molar-refractivity contribution in [3.05, 3.63) is 58.4 Å². The quantitative estimate of drug-likeness (QED) is 0.519. The van der Waals surface area contributed by atoms with Gasteiger partial charge in [0.05, 0.1) is 17.7 Å². The number of aromatic hydroxyl groups is 1. The van der Waals surface area contributed by atoms with E-state index in [0.717, 1.165) is 10.3 Å². The molecule has 0 aliphatic rings. The van der Waals surface area contributed by atoms with E-state index in [1.54, 1.807) is 30.4 Å². The summed E-state index contributed by atoms with van der Waals surface area (Å²) in [6.07, 6.45) is 6.35. The van der Waals surface area contributed by atoms with Gasteiger partial charge in [-0.3, -0.25) is 5.21 Å². The molecule has 2 aromatic rings. The fourth-order valence-electron chi connectivity index (χ4n) is 1.71. The van der Waals surface area contributed by atoms with Gasteiger partial charge in [-0.25, -0.2) is 4.79 Å². The number of nitrogens with zero attached hydrogens (tertiary/aromatic N) is 1. The number of benzene rings is 1. The highest BCUT2D eigenvalue weighted by molar-refractivity contribution is 6.35. The molecule has 0 spiro atoms. The van der Waals surface area contributed by atoms with Gasteiger partial charge in [-0.2, -0.15) is 0 Å². The summed E-state index contributed by atoms with van der Waals surface area (Å²) in [5.41, 5.74) is 1.40. The minimum atomic E-state index is -0.610. The Morgan fingerprint density at radius 3 is 2.52 bits per heavy atom. The zero-order valence-corrected chi connectivity index (χ0v) is 11.9. The third kappa shape index (κ3) is 3.32. The minimum Gasteiger partial charge on any atom is -0.506 e. The molecule has 0 aliphatic carbocycles. The van der Waals surface area contributed by atoms with Crippen molar-refractivity contribution in [3.63, 3.8) is 0 Å². The van der Waals surface area contributed by atoms with Crippen molar-refractivity contribution in [3.8, 4) is 5.75 Å². The standard InChI is InChI=1S/C15H12ClNO4/c1-21-15(19)12-5-4-11(14(18)13(12)16)3-2-10-6-8-17(20)9-7-10/h2-9,20H,1H3/p+1. The zero-order valence-electron chi connectivity index (χ0n) is 11.2. The zero-order chi connectivity index (χ0) is 15.4. The Bertz CT molecular complexity index is 696. The molecule has 1 heterocycles. The lowest BCUT2D eigenvalue weighted by Crippen LogP contribution is -2.27. The highest BCUT2D eigenvalue weighted by Crippen LogP contribution is 2.32. The lowest BCUT2D eigenvalue weighted by Gasteiger charge is -2.06. The molecule has 2 rings (SSSR count). The molecule has 1 aromatic carbocycles. The predicted molar refractivity (Wildman–Crippen MR) is 77.2 cm³/mol. The maximum atomic E-state index is 11.4. The van der Waals surface area contributed by atoms with E-state index >= 15 is 0 Å². The second-order valence-electron chi connectivity index (χ2n) is 4.20. The summed E-state index contributed by atoms with van der Waals surface area (Å²) in [6, 6.07) is 6.44. The molecule has 108 valence electrons. The summed E-state index contributed by atoms with van der Waals surface area (Å²) in [7, 11) is 1.24. The highest BCUT2D eigenvalue weighted by atomic mass is 35.5. The first-order chi connectivity index (χ1) is 10.0. The predicted octanol–water partition coefficient (Wildman–Crippen LogP) is 2.53. The molecule has 0 fully saturated rings. The summed E-state index contributed by atoms with van der Waals surface area (Å²) in [5, 5.41) is 19.1. The van der Waals surface area contributed by atoms with Gasteiger partial charge in [-0.1, -0.05) is 29.8 Å². The van der Waals surface area contributed by atoms with Crippen LogP contribution in [0.15, 0.2) is 36.7 Å². The molecule has 0 aliphatic heterocycles. The monoisotopic (exact) mass is 306 g/mol. The topological polar surface area (TPSA) is 70.6 Å². The molecule has 0 bridgehead atoms. The summed E-state index contributed by atoms with van der Waals surface area (Å²) < 4.78 is 5.50. The summed E-state index contributed by atoms with van der Waals surface area (Å²) in [6.45, 7) is 0.